The van der Waals surface area contributed by atoms with E-state index in [4.69, 9.17) is 14.4 Å². The van der Waals surface area contributed by atoms with Gasteiger partial charge in [0.2, 0.25) is 0 Å². The first-order valence-electron chi connectivity index (χ1n) is 17.2. The summed E-state index contributed by atoms with van der Waals surface area (Å²) in [6.45, 7) is 0. The predicted molar refractivity (Wildman–Crippen MR) is 212 cm³/mol. The highest BCUT2D eigenvalue weighted by atomic mass is 16.3. The third-order valence-electron chi connectivity index (χ3n) is 9.85. The molecule has 0 unspecified atom stereocenters. The minimum atomic E-state index is 0.698. The Morgan fingerprint density at radius 2 is 0.961 bits per heavy atom. The van der Waals surface area contributed by atoms with Crippen LogP contribution in [0.2, 0.25) is 0 Å². The Hall–Kier alpha value is -6.84. The Morgan fingerprint density at radius 1 is 0.333 bits per heavy atom. The average Bonchev–Trinajstić information content (AvgIpc) is 3.59. The summed E-state index contributed by atoms with van der Waals surface area (Å²) in [5, 5.41) is 6.92. The van der Waals surface area contributed by atoms with Gasteiger partial charge in [-0.2, -0.15) is 0 Å². The second-order valence-electron chi connectivity index (χ2n) is 13.0. The van der Waals surface area contributed by atoms with Gasteiger partial charge in [0.05, 0.1) is 11.4 Å². The van der Waals surface area contributed by atoms with Crippen molar-refractivity contribution in [2.45, 2.75) is 0 Å². The lowest BCUT2D eigenvalue weighted by Crippen LogP contribution is -1.97. The van der Waals surface area contributed by atoms with Gasteiger partial charge in [-0.1, -0.05) is 140 Å². The standard InChI is InChI=1S/C48H30N2O/c1-2-14-33(15-3-1)43-30-44(50-48(49-43)41-21-10-17-32-13-6-7-18-39(32)41)38-28-36(35-25-24-31-12-4-5-16-34(31)26-35)27-37(29-38)40-20-11-23-46-47(40)42-19-8-9-22-45(42)51-46/h1-30H. The molecular weight excluding hydrogens is 621 g/mol. The molecule has 0 saturated heterocycles. The minimum absolute atomic E-state index is 0.698. The maximum absolute atomic E-state index is 6.34. The number of furan rings is 1. The summed E-state index contributed by atoms with van der Waals surface area (Å²) < 4.78 is 6.34. The molecule has 0 aliphatic heterocycles. The van der Waals surface area contributed by atoms with Crippen molar-refractivity contribution in [2.75, 3.05) is 0 Å². The zero-order valence-corrected chi connectivity index (χ0v) is 27.6. The summed E-state index contributed by atoms with van der Waals surface area (Å²) in [5.41, 5.74) is 11.0. The van der Waals surface area contributed by atoms with Gasteiger partial charge in [0.1, 0.15) is 11.2 Å². The van der Waals surface area contributed by atoms with E-state index in [-0.39, 0.29) is 0 Å². The van der Waals surface area contributed by atoms with Crippen LogP contribution >= 0.6 is 0 Å². The fraction of sp³-hybridized carbons (Fsp3) is 0. The SMILES string of the molecule is c1ccc(-c2cc(-c3cc(-c4ccc5ccccc5c4)cc(-c4cccc5oc6ccccc6c45)c3)nc(-c3cccc4ccccc34)n2)cc1. The number of hydrogen-bond donors (Lipinski definition) is 0. The van der Waals surface area contributed by atoms with Gasteiger partial charge in [-0.3, -0.25) is 0 Å². The lowest BCUT2D eigenvalue weighted by molar-refractivity contribution is 0.669. The van der Waals surface area contributed by atoms with Crippen molar-refractivity contribution in [1.29, 1.82) is 0 Å². The molecule has 0 radical (unpaired) electrons. The molecule has 0 fully saturated rings. The molecular formula is C48H30N2O. The molecule has 0 atom stereocenters. The van der Waals surface area contributed by atoms with Gasteiger partial charge >= 0.3 is 0 Å². The van der Waals surface area contributed by atoms with Crippen LogP contribution in [-0.2, 0) is 0 Å². The van der Waals surface area contributed by atoms with Gasteiger partial charge in [0.15, 0.2) is 5.82 Å². The van der Waals surface area contributed by atoms with Crippen molar-refractivity contribution in [3.05, 3.63) is 182 Å². The van der Waals surface area contributed by atoms with Gasteiger partial charge in [0, 0.05) is 27.5 Å². The fourth-order valence-corrected chi connectivity index (χ4v) is 7.37. The van der Waals surface area contributed by atoms with Crippen LogP contribution < -0.4 is 0 Å². The highest BCUT2D eigenvalue weighted by Gasteiger charge is 2.17. The second kappa shape index (κ2) is 11.9. The quantitative estimate of drug-likeness (QED) is 0.186. The predicted octanol–water partition coefficient (Wildman–Crippen LogP) is 13.0. The van der Waals surface area contributed by atoms with Gasteiger partial charge in [-0.05, 0) is 86.3 Å². The van der Waals surface area contributed by atoms with Crippen molar-refractivity contribution in [3.63, 3.8) is 0 Å². The van der Waals surface area contributed by atoms with Crippen molar-refractivity contribution < 1.29 is 4.42 Å². The molecule has 0 aliphatic rings. The first kappa shape index (κ1) is 29.1. The van der Waals surface area contributed by atoms with E-state index in [2.05, 4.69) is 164 Å². The van der Waals surface area contributed by atoms with E-state index in [0.29, 0.717) is 5.82 Å². The van der Waals surface area contributed by atoms with Crippen molar-refractivity contribution in [2.24, 2.45) is 0 Å². The number of nitrogens with zero attached hydrogens (tertiary/aromatic N) is 2. The van der Waals surface area contributed by atoms with Crippen LogP contribution in [0, 0.1) is 0 Å². The van der Waals surface area contributed by atoms with Crippen LogP contribution in [0.4, 0.5) is 0 Å². The Morgan fingerprint density at radius 3 is 1.84 bits per heavy atom. The van der Waals surface area contributed by atoms with Crippen LogP contribution in [0.1, 0.15) is 0 Å². The summed E-state index contributed by atoms with van der Waals surface area (Å²) >= 11 is 0. The lowest BCUT2D eigenvalue weighted by atomic mass is 9.92. The summed E-state index contributed by atoms with van der Waals surface area (Å²) in [5.74, 6) is 0.698. The Kier molecular flexibility index (Phi) is 6.81. The summed E-state index contributed by atoms with van der Waals surface area (Å²) in [4.78, 5) is 10.5. The number of fused-ring (bicyclic) bond motifs is 5. The molecule has 238 valence electrons. The fourth-order valence-electron chi connectivity index (χ4n) is 7.37. The number of aromatic nitrogens is 2. The molecule has 3 heteroatoms. The monoisotopic (exact) mass is 650 g/mol. The molecule has 0 amide bonds. The average molecular weight is 651 g/mol. The molecule has 10 rings (SSSR count). The number of para-hydroxylation sites is 1. The molecule has 0 aliphatic carbocycles. The van der Waals surface area contributed by atoms with Crippen molar-refractivity contribution >= 4 is 43.5 Å². The van der Waals surface area contributed by atoms with E-state index in [0.717, 1.165) is 83.0 Å². The molecule has 51 heavy (non-hydrogen) atoms. The molecule has 8 aromatic carbocycles. The van der Waals surface area contributed by atoms with Crippen LogP contribution in [0.15, 0.2) is 186 Å². The molecule has 0 spiro atoms. The largest absolute Gasteiger partial charge is 0.456 e. The topological polar surface area (TPSA) is 38.9 Å². The zero-order valence-electron chi connectivity index (χ0n) is 27.6. The van der Waals surface area contributed by atoms with Gasteiger partial charge in [-0.25, -0.2) is 9.97 Å². The summed E-state index contributed by atoms with van der Waals surface area (Å²) in [6.07, 6.45) is 0. The van der Waals surface area contributed by atoms with Crippen LogP contribution in [-0.4, -0.2) is 9.97 Å². The smallest absolute Gasteiger partial charge is 0.161 e. The molecule has 10 aromatic rings. The Labute approximate surface area is 295 Å². The highest BCUT2D eigenvalue weighted by molar-refractivity contribution is 6.12. The third kappa shape index (κ3) is 5.15. The number of hydrogen-bond acceptors (Lipinski definition) is 3. The highest BCUT2D eigenvalue weighted by Crippen LogP contribution is 2.41. The van der Waals surface area contributed by atoms with Crippen LogP contribution in [0.5, 0.6) is 0 Å². The summed E-state index contributed by atoms with van der Waals surface area (Å²) in [6, 6.07) is 64.0. The lowest BCUT2D eigenvalue weighted by Gasteiger charge is -2.14. The molecule has 3 nitrogen and oxygen atoms in total. The molecule has 2 aromatic heterocycles. The van der Waals surface area contributed by atoms with E-state index >= 15 is 0 Å². The minimum Gasteiger partial charge on any atom is -0.456 e. The van der Waals surface area contributed by atoms with Crippen molar-refractivity contribution in [3.8, 4) is 56.2 Å². The Balaban J connectivity index is 1.25. The first-order valence-corrected chi connectivity index (χ1v) is 17.2. The molecule has 0 N–H and O–H groups in total. The Bertz CT molecular complexity index is 2920. The first-order chi connectivity index (χ1) is 25.2. The second-order valence-corrected chi connectivity index (χ2v) is 13.0. The number of benzene rings is 8. The van der Waals surface area contributed by atoms with Gasteiger partial charge < -0.3 is 4.42 Å². The third-order valence-corrected chi connectivity index (χ3v) is 9.85. The normalized spacial score (nSPS) is 11.5. The van der Waals surface area contributed by atoms with Gasteiger partial charge in [0.25, 0.3) is 0 Å². The maximum Gasteiger partial charge on any atom is 0.161 e. The molecule has 2 heterocycles. The molecule has 0 bridgehead atoms. The molecule has 0 saturated carbocycles. The van der Waals surface area contributed by atoms with Crippen LogP contribution in [0.25, 0.3) is 99.6 Å². The van der Waals surface area contributed by atoms with E-state index in [1.54, 1.807) is 0 Å². The van der Waals surface area contributed by atoms with Crippen molar-refractivity contribution in [1.82, 2.24) is 9.97 Å². The maximum atomic E-state index is 6.34. The van der Waals surface area contributed by atoms with Crippen LogP contribution in [0.3, 0.4) is 0 Å². The zero-order chi connectivity index (χ0) is 33.7. The van der Waals surface area contributed by atoms with E-state index in [9.17, 15) is 0 Å². The number of rotatable bonds is 5. The summed E-state index contributed by atoms with van der Waals surface area (Å²) in [7, 11) is 0. The van der Waals surface area contributed by atoms with E-state index in [1.165, 1.54) is 10.8 Å². The van der Waals surface area contributed by atoms with Gasteiger partial charge in [-0.15, -0.1) is 0 Å². The van der Waals surface area contributed by atoms with E-state index in [1.807, 2.05) is 18.2 Å². The van der Waals surface area contributed by atoms with E-state index < -0.39 is 0 Å².